The fraction of sp³-hybridized carbons (Fsp3) is 0.677. The molecule has 1 saturated heterocycles. The lowest BCUT2D eigenvalue weighted by Crippen LogP contribution is -2.62. The van der Waals surface area contributed by atoms with Crippen LogP contribution >= 0.6 is 0 Å². The molecule has 1 aliphatic heterocycles. The summed E-state index contributed by atoms with van der Waals surface area (Å²) < 4.78 is 49.3. The summed E-state index contributed by atoms with van der Waals surface area (Å²) in [6, 6.07) is -2.96. The van der Waals surface area contributed by atoms with E-state index in [0.717, 1.165) is 0 Å². The lowest BCUT2D eigenvalue weighted by Gasteiger charge is -2.38. The van der Waals surface area contributed by atoms with E-state index in [2.05, 4.69) is 16.0 Å². The van der Waals surface area contributed by atoms with Crippen molar-refractivity contribution in [3.8, 4) is 0 Å². The van der Waals surface area contributed by atoms with Crippen LogP contribution in [0.2, 0.25) is 0 Å². The van der Waals surface area contributed by atoms with Crippen molar-refractivity contribution < 1.29 is 51.1 Å². The largest absolute Gasteiger partial charge is 0.466 e. The van der Waals surface area contributed by atoms with Gasteiger partial charge in [-0.2, -0.15) is 13.2 Å². The average Bonchev–Trinajstić information content (AvgIpc) is 3.38. The number of furan rings is 1. The van der Waals surface area contributed by atoms with E-state index in [1.54, 1.807) is 46.8 Å². The molecule has 1 aromatic heterocycles. The quantitative estimate of drug-likeness (QED) is 0.182. The number of rotatable bonds is 13. The number of nitrogens with zero attached hydrogens (tertiary/aromatic N) is 1. The van der Waals surface area contributed by atoms with E-state index in [9.17, 15) is 41.9 Å². The third kappa shape index (κ3) is 9.04. The van der Waals surface area contributed by atoms with E-state index >= 15 is 0 Å². The van der Waals surface area contributed by atoms with Crippen molar-refractivity contribution in [3.63, 3.8) is 0 Å². The number of halogens is 3. The van der Waals surface area contributed by atoms with Gasteiger partial charge in [-0.1, -0.05) is 48.5 Å². The Morgan fingerprint density at radius 2 is 1.72 bits per heavy atom. The molecule has 2 unspecified atom stereocenters. The molecule has 0 spiro atoms. The van der Waals surface area contributed by atoms with E-state index in [0.29, 0.717) is 5.76 Å². The van der Waals surface area contributed by atoms with Crippen LogP contribution in [-0.2, 0) is 35.3 Å². The number of primary amides is 1. The van der Waals surface area contributed by atoms with Crippen molar-refractivity contribution in [2.75, 3.05) is 6.54 Å². The first kappa shape index (κ1) is 37.3. The summed E-state index contributed by atoms with van der Waals surface area (Å²) in [4.78, 5) is 78.9. The number of ether oxygens (including phenoxy) is 1. The van der Waals surface area contributed by atoms with Gasteiger partial charge in [0.25, 0.3) is 5.91 Å². The highest BCUT2D eigenvalue weighted by molar-refractivity contribution is 6.37. The SMILES string of the molecule is CC(C)[C@H](NC(=O)N[C@H](C(=O)N1C[C@H]2C([C@H]1C(=O)NC(CCC(F)(F)F)C(=O)C(N)=O)C2(C)C)C(C)(C)C)C(=O)OCc1ccco1. The first-order valence-electron chi connectivity index (χ1n) is 15.3. The van der Waals surface area contributed by atoms with Gasteiger partial charge in [0.15, 0.2) is 0 Å². The molecule has 16 heteroatoms. The molecule has 262 valence electrons. The van der Waals surface area contributed by atoms with Crippen molar-refractivity contribution in [1.29, 1.82) is 0 Å². The maximum Gasteiger partial charge on any atom is 0.389 e. The maximum absolute atomic E-state index is 14.1. The summed E-state index contributed by atoms with van der Waals surface area (Å²) in [5.74, 6) is -5.72. The minimum Gasteiger partial charge on any atom is -0.466 e. The Morgan fingerprint density at radius 3 is 2.23 bits per heavy atom. The van der Waals surface area contributed by atoms with Gasteiger partial charge in [0.05, 0.1) is 12.3 Å². The highest BCUT2D eigenvalue weighted by Gasteiger charge is 2.70. The Labute approximate surface area is 270 Å². The van der Waals surface area contributed by atoms with E-state index in [-0.39, 0.29) is 19.1 Å². The predicted molar refractivity (Wildman–Crippen MR) is 160 cm³/mol. The van der Waals surface area contributed by atoms with Crippen molar-refractivity contribution >= 4 is 35.5 Å². The van der Waals surface area contributed by atoms with E-state index < -0.39 is 101 Å². The van der Waals surface area contributed by atoms with Crippen molar-refractivity contribution in [2.24, 2.45) is 34.3 Å². The first-order chi connectivity index (χ1) is 21.6. The lowest BCUT2D eigenvalue weighted by atomic mass is 9.85. The van der Waals surface area contributed by atoms with Crippen LogP contribution in [0.5, 0.6) is 0 Å². The van der Waals surface area contributed by atoms with Crippen LogP contribution in [0.3, 0.4) is 0 Å². The number of ketones is 1. The lowest BCUT2D eigenvalue weighted by molar-refractivity contribution is -0.149. The monoisotopic (exact) mass is 671 g/mol. The zero-order chi connectivity index (χ0) is 35.6. The summed E-state index contributed by atoms with van der Waals surface area (Å²) in [5, 5.41) is 7.42. The molecule has 3 rings (SSSR count). The van der Waals surface area contributed by atoms with Gasteiger partial charge in [-0.25, -0.2) is 9.59 Å². The molecule has 2 fully saturated rings. The molecule has 2 aliphatic rings. The number of piperidine rings is 1. The van der Waals surface area contributed by atoms with Crippen LogP contribution in [0.15, 0.2) is 22.8 Å². The number of amides is 5. The molecule has 47 heavy (non-hydrogen) atoms. The van der Waals surface area contributed by atoms with Gasteiger partial charge in [-0.05, 0) is 47.1 Å². The Bertz CT molecular complexity index is 1360. The second kappa shape index (κ2) is 13.9. The summed E-state index contributed by atoms with van der Waals surface area (Å²) >= 11 is 0. The second-order valence-corrected chi connectivity index (χ2v) is 14.2. The molecule has 1 aliphatic carbocycles. The van der Waals surface area contributed by atoms with Gasteiger partial charge >= 0.3 is 18.2 Å². The number of nitrogens with two attached hydrogens (primary N) is 1. The summed E-state index contributed by atoms with van der Waals surface area (Å²) in [7, 11) is 0. The molecule has 2 heterocycles. The van der Waals surface area contributed by atoms with Crippen LogP contribution < -0.4 is 21.7 Å². The fourth-order valence-corrected chi connectivity index (χ4v) is 6.07. The van der Waals surface area contributed by atoms with Gasteiger partial charge in [-0.15, -0.1) is 0 Å². The van der Waals surface area contributed by atoms with Gasteiger partial charge in [0.1, 0.15) is 30.5 Å². The number of hydrogen-bond donors (Lipinski definition) is 4. The molecule has 5 N–H and O–H groups in total. The second-order valence-electron chi connectivity index (χ2n) is 14.2. The Hall–Kier alpha value is -4.11. The van der Waals surface area contributed by atoms with Crippen molar-refractivity contribution in [1.82, 2.24) is 20.9 Å². The number of likely N-dealkylation sites (tertiary alicyclic amines) is 1. The summed E-state index contributed by atoms with van der Waals surface area (Å²) in [6.45, 7) is 12.1. The highest BCUT2D eigenvalue weighted by Crippen LogP contribution is 2.65. The fourth-order valence-electron chi connectivity index (χ4n) is 6.07. The number of urea groups is 1. The highest BCUT2D eigenvalue weighted by atomic mass is 19.4. The first-order valence-corrected chi connectivity index (χ1v) is 15.3. The van der Waals surface area contributed by atoms with Crippen LogP contribution in [0, 0.1) is 28.6 Å². The molecule has 0 radical (unpaired) electrons. The van der Waals surface area contributed by atoms with E-state index in [4.69, 9.17) is 14.9 Å². The number of fused-ring (bicyclic) bond motifs is 1. The van der Waals surface area contributed by atoms with E-state index in [1.807, 2.05) is 13.8 Å². The summed E-state index contributed by atoms with van der Waals surface area (Å²) in [6.07, 6.45) is -5.62. The Balaban J connectivity index is 1.79. The third-order valence-corrected chi connectivity index (χ3v) is 8.88. The summed E-state index contributed by atoms with van der Waals surface area (Å²) in [5.41, 5.74) is 3.72. The zero-order valence-electron chi connectivity index (χ0n) is 27.5. The molecular formula is C31H44F3N5O8. The Kier molecular flexibility index (Phi) is 11.1. The average molecular weight is 672 g/mol. The standard InChI is InChI=1S/C31H44F3N5O8/c1-15(2)20(27(44)47-14-16-9-8-12-46-16)37-28(45)38-23(29(3,4)5)26(43)39-13-17-19(30(17,6)7)21(39)25(42)36-18(22(40)24(35)41)10-11-31(32,33)34/h8-9,12,15,17-21,23H,10-11,13-14H2,1-7H3,(H2,35,41)(H,36,42)(H2,37,38,45)/t17-,18?,19?,20-,21-,23+/m0/s1. The zero-order valence-corrected chi connectivity index (χ0v) is 27.5. The van der Waals surface area contributed by atoms with Gasteiger partial charge in [0, 0.05) is 13.0 Å². The van der Waals surface area contributed by atoms with Crippen molar-refractivity contribution in [2.45, 2.75) is 98.3 Å². The minimum atomic E-state index is -4.67. The van der Waals surface area contributed by atoms with Gasteiger partial charge in [-0.3, -0.25) is 19.2 Å². The molecule has 1 aromatic rings. The molecule has 5 amide bonds. The predicted octanol–water partition coefficient (Wildman–Crippen LogP) is 2.43. The number of esters is 1. The smallest absolute Gasteiger partial charge is 0.389 e. The number of Topliss-reactive ketones (excluding diaryl/α,β-unsaturated/α-hetero) is 1. The normalized spacial score (nSPS) is 22.0. The molecule has 0 bridgehead atoms. The minimum absolute atomic E-state index is 0.106. The van der Waals surface area contributed by atoms with Crippen LogP contribution in [0.25, 0.3) is 0 Å². The molecule has 1 saturated carbocycles. The third-order valence-electron chi connectivity index (χ3n) is 8.88. The van der Waals surface area contributed by atoms with E-state index in [1.165, 1.54) is 11.2 Å². The van der Waals surface area contributed by atoms with Crippen molar-refractivity contribution in [3.05, 3.63) is 24.2 Å². The maximum atomic E-state index is 14.1. The number of carbonyl (C=O) groups is 6. The number of nitrogens with one attached hydrogen (secondary N) is 3. The Morgan fingerprint density at radius 1 is 1.09 bits per heavy atom. The molecule has 0 aromatic carbocycles. The van der Waals surface area contributed by atoms with Crippen LogP contribution in [-0.4, -0.2) is 77.3 Å². The van der Waals surface area contributed by atoms with Crippen LogP contribution in [0.4, 0.5) is 18.0 Å². The topological polar surface area (TPSA) is 190 Å². The molecular weight excluding hydrogens is 627 g/mol. The number of carbonyl (C=O) groups excluding carboxylic acids is 6. The molecule has 13 nitrogen and oxygen atoms in total. The van der Waals surface area contributed by atoms with Gasteiger partial charge < -0.3 is 35.7 Å². The van der Waals surface area contributed by atoms with Gasteiger partial charge in [0.2, 0.25) is 17.6 Å². The number of alkyl halides is 3. The molecule has 6 atom stereocenters. The number of hydrogen-bond acceptors (Lipinski definition) is 8. The van der Waals surface area contributed by atoms with Crippen LogP contribution in [0.1, 0.15) is 67.1 Å².